The lowest BCUT2D eigenvalue weighted by Crippen LogP contribution is -2.53. The number of halogens is 1. The second-order valence-corrected chi connectivity index (χ2v) is 14.1. The lowest BCUT2D eigenvalue weighted by Gasteiger charge is -2.34. The van der Waals surface area contributed by atoms with Gasteiger partial charge in [0.15, 0.2) is 0 Å². The van der Waals surface area contributed by atoms with Crippen molar-refractivity contribution in [2.45, 2.75) is 83.8 Å². The summed E-state index contributed by atoms with van der Waals surface area (Å²) in [4.78, 5) is 29.7. The van der Waals surface area contributed by atoms with Crippen LogP contribution in [0.1, 0.15) is 67.2 Å². The number of aryl methyl sites for hydroxylation is 1. The molecule has 1 atom stereocenters. The third-order valence-electron chi connectivity index (χ3n) is 8.52. The number of nitrogens with zero attached hydrogens (tertiary/aromatic N) is 2. The van der Waals surface area contributed by atoms with Crippen molar-refractivity contribution in [2.75, 3.05) is 17.1 Å². The number of hydrogen-bond donors (Lipinski definition) is 1. The van der Waals surface area contributed by atoms with Gasteiger partial charge in [0.05, 0.1) is 11.9 Å². The fourth-order valence-corrected chi connectivity index (χ4v) is 7.11. The Bertz CT molecular complexity index is 1520. The summed E-state index contributed by atoms with van der Waals surface area (Å²) in [6.45, 7) is 4.16. The summed E-state index contributed by atoms with van der Waals surface area (Å²) in [5.74, 6) is -0.395. The maximum atomic E-state index is 14.1. The molecule has 236 valence electrons. The summed E-state index contributed by atoms with van der Waals surface area (Å²) in [6.07, 6.45) is 7.10. The average molecular weight is 638 g/mol. The van der Waals surface area contributed by atoms with Gasteiger partial charge in [-0.15, -0.1) is 0 Å². The van der Waals surface area contributed by atoms with Crippen LogP contribution in [0.4, 0.5) is 5.69 Å². The Morgan fingerprint density at radius 3 is 2.30 bits per heavy atom. The number of sulfonamides is 1. The predicted octanol–water partition coefficient (Wildman–Crippen LogP) is 6.59. The Kier molecular flexibility index (Phi) is 11.9. The normalized spacial score (nSPS) is 14.5. The number of benzene rings is 3. The quantitative estimate of drug-likeness (QED) is 0.229. The van der Waals surface area contributed by atoms with E-state index in [9.17, 15) is 18.0 Å². The van der Waals surface area contributed by atoms with E-state index in [1.807, 2.05) is 74.5 Å². The summed E-state index contributed by atoms with van der Waals surface area (Å²) in [6, 6.07) is 22.0. The first kappa shape index (κ1) is 33.5. The van der Waals surface area contributed by atoms with Crippen LogP contribution in [0.15, 0.2) is 72.8 Å². The van der Waals surface area contributed by atoms with Crippen LogP contribution in [0.2, 0.25) is 5.02 Å². The van der Waals surface area contributed by atoms with E-state index in [2.05, 4.69) is 5.32 Å². The number of amides is 2. The Balaban J connectivity index is 1.61. The van der Waals surface area contributed by atoms with Gasteiger partial charge in [-0.05, 0) is 67.5 Å². The second-order valence-electron chi connectivity index (χ2n) is 11.8. The van der Waals surface area contributed by atoms with Crippen LogP contribution in [0, 0.1) is 13.8 Å². The van der Waals surface area contributed by atoms with Crippen molar-refractivity contribution < 1.29 is 18.0 Å². The van der Waals surface area contributed by atoms with Gasteiger partial charge in [-0.25, -0.2) is 8.42 Å². The Morgan fingerprint density at radius 2 is 1.61 bits per heavy atom. The van der Waals surface area contributed by atoms with Gasteiger partial charge in [0.2, 0.25) is 21.8 Å². The lowest BCUT2D eigenvalue weighted by atomic mass is 9.94. The lowest BCUT2D eigenvalue weighted by molar-refractivity contribution is -0.141. The van der Waals surface area contributed by atoms with Gasteiger partial charge in [-0.2, -0.15) is 0 Å². The third-order valence-corrected chi connectivity index (χ3v) is 10.1. The summed E-state index contributed by atoms with van der Waals surface area (Å²) >= 11 is 6.55. The molecule has 0 spiro atoms. The monoisotopic (exact) mass is 637 g/mol. The molecule has 3 aromatic rings. The van der Waals surface area contributed by atoms with E-state index in [4.69, 9.17) is 11.6 Å². The van der Waals surface area contributed by atoms with Gasteiger partial charge in [0, 0.05) is 37.0 Å². The number of carbonyl (C=O) groups is 2. The highest BCUT2D eigenvalue weighted by molar-refractivity contribution is 7.92. The van der Waals surface area contributed by atoms with Crippen molar-refractivity contribution in [1.82, 2.24) is 10.2 Å². The zero-order valence-corrected chi connectivity index (χ0v) is 27.5. The van der Waals surface area contributed by atoms with Gasteiger partial charge in [0.1, 0.15) is 6.04 Å². The van der Waals surface area contributed by atoms with Gasteiger partial charge in [0.25, 0.3) is 0 Å². The van der Waals surface area contributed by atoms with E-state index in [1.165, 1.54) is 17.0 Å². The molecular weight excluding hydrogens is 594 g/mol. The van der Waals surface area contributed by atoms with Crippen molar-refractivity contribution in [3.63, 3.8) is 0 Å². The molecule has 9 heteroatoms. The summed E-state index contributed by atoms with van der Waals surface area (Å²) in [5, 5.41) is 3.77. The SMILES string of the molecule is Cc1cccc(N(CCCC(=O)N(Cc2ccccc2Cl)[C@H](Cc2ccccc2)C(=O)NC2CCCCC2)S(C)(=O)=O)c1C. The molecule has 1 saturated carbocycles. The number of hydrogen-bond acceptors (Lipinski definition) is 4. The Morgan fingerprint density at radius 1 is 0.932 bits per heavy atom. The molecule has 0 unspecified atom stereocenters. The molecule has 0 aromatic heterocycles. The maximum Gasteiger partial charge on any atom is 0.243 e. The first-order valence-electron chi connectivity index (χ1n) is 15.5. The van der Waals surface area contributed by atoms with E-state index in [0.29, 0.717) is 23.6 Å². The van der Waals surface area contributed by atoms with E-state index < -0.39 is 16.1 Å². The first-order chi connectivity index (χ1) is 21.0. The molecule has 0 bridgehead atoms. The highest BCUT2D eigenvalue weighted by atomic mass is 35.5. The third kappa shape index (κ3) is 9.08. The van der Waals surface area contributed by atoms with Crippen molar-refractivity contribution in [3.05, 3.63) is 100 Å². The Hall–Kier alpha value is -3.36. The van der Waals surface area contributed by atoms with Crippen molar-refractivity contribution in [2.24, 2.45) is 0 Å². The van der Waals surface area contributed by atoms with Crippen LogP contribution in [-0.4, -0.2) is 50.0 Å². The van der Waals surface area contributed by atoms with Gasteiger partial charge in [-0.3, -0.25) is 13.9 Å². The zero-order chi connectivity index (χ0) is 31.7. The van der Waals surface area contributed by atoms with Crippen LogP contribution in [0.25, 0.3) is 0 Å². The molecule has 0 radical (unpaired) electrons. The highest BCUT2D eigenvalue weighted by Crippen LogP contribution is 2.26. The molecule has 0 aliphatic heterocycles. The van der Waals surface area contributed by atoms with Gasteiger partial charge >= 0.3 is 0 Å². The fourth-order valence-electron chi connectivity index (χ4n) is 5.90. The summed E-state index contributed by atoms with van der Waals surface area (Å²) in [5.41, 5.74) is 4.19. The van der Waals surface area contributed by atoms with E-state index in [0.717, 1.165) is 47.9 Å². The first-order valence-corrected chi connectivity index (χ1v) is 17.7. The average Bonchev–Trinajstić information content (AvgIpc) is 3.00. The molecule has 1 aliphatic rings. The fraction of sp³-hybridized carbons (Fsp3) is 0.429. The van der Waals surface area contributed by atoms with Crippen molar-refractivity contribution in [1.29, 1.82) is 0 Å². The van der Waals surface area contributed by atoms with E-state index in [1.54, 1.807) is 17.0 Å². The van der Waals surface area contributed by atoms with Gasteiger partial charge < -0.3 is 10.2 Å². The topological polar surface area (TPSA) is 86.8 Å². The second kappa shape index (κ2) is 15.6. The van der Waals surface area contributed by atoms with Crippen LogP contribution in [0.3, 0.4) is 0 Å². The number of anilines is 1. The number of rotatable bonds is 13. The van der Waals surface area contributed by atoms with Crippen LogP contribution < -0.4 is 9.62 Å². The zero-order valence-electron chi connectivity index (χ0n) is 26.0. The van der Waals surface area contributed by atoms with Crippen LogP contribution in [0.5, 0.6) is 0 Å². The molecule has 2 amide bonds. The predicted molar refractivity (Wildman–Crippen MR) is 178 cm³/mol. The molecule has 4 rings (SSSR count). The molecule has 0 heterocycles. The molecule has 7 nitrogen and oxygen atoms in total. The van der Waals surface area contributed by atoms with Crippen molar-refractivity contribution >= 4 is 39.1 Å². The van der Waals surface area contributed by atoms with E-state index in [-0.39, 0.29) is 37.4 Å². The smallest absolute Gasteiger partial charge is 0.243 e. The molecule has 3 aromatic carbocycles. The summed E-state index contributed by atoms with van der Waals surface area (Å²) in [7, 11) is -3.59. The Labute approximate surface area is 267 Å². The minimum atomic E-state index is -3.59. The van der Waals surface area contributed by atoms with Crippen molar-refractivity contribution in [3.8, 4) is 0 Å². The largest absolute Gasteiger partial charge is 0.352 e. The number of nitrogens with one attached hydrogen (secondary N) is 1. The molecular formula is C35H44ClN3O4S. The maximum absolute atomic E-state index is 14.1. The molecule has 0 saturated heterocycles. The molecule has 44 heavy (non-hydrogen) atoms. The molecule has 1 aliphatic carbocycles. The van der Waals surface area contributed by atoms with E-state index >= 15 is 0 Å². The minimum absolute atomic E-state index is 0.0728. The minimum Gasteiger partial charge on any atom is -0.352 e. The summed E-state index contributed by atoms with van der Waals surface area (Å²) < 4.78 is 27.0. The molecule has 1 N–H and O–H groups in total. The highest BCUT2D eigenvalue weighted by Gasteiger charge is 2.32. The van der Waals surface area contributed by atoms with Crippen LogP contribution in [-0.2, 0) is 32.6 Å². The number of carbonyl (C=O) groups excluding carboxylic acids is 2. The molecule has 1 fully saturated rings. The van der Waals surface area contributed by atoms with Crippen LogP contribution >= 0.6 is 11.6 Å². The standard InChI is InChI=1S/C35H44ClN3O4S/c1-26-14-12-21-32(27(26)2)39(44(3,42)43)23-13-22-34(40)38(25-29-17-10-11-20-31(29)36)33(24-28-15-6-4-7-16-28)35(41)37-30-18-8-5-9-19-30/h4,6-7,10-12,14-17,20-21,30,33H,5,8-9,13,18-19,22-25H2,1-3H3,(H,37,41)/t33-/m1/s1. The van der Waals surface area contributed by atoms with Gasteiger partial charge in [-0.1, -0.05) is 91.5 Å².